The van der Waals surface area contributed by atoms with E-state index in [1.165, 1.54) is 24.8 Å². The lowest BCUT2D eigenvalue weighted by atomic mass is 9.86. The zero-order chi connectivity index (χ0) is 13.0. The molecule has 1 aromatic carbocycles. The molecule has 1 fully saturated rings. The Balaban J connectivity index is 1.94. The average molecular weight is 266 g/mol. The van der Waals surface area contributed by atoms with Crippen molar-refractivity contribution in [2.45, 2.75) is 45.6 Å². The maximum absolute atomic E-state index is 6.06. The van der Waals surface area contributed by atoms with Crippen LogP contribution in [0.25, 0.3) is 0 Å². The summed E-state index contributed by atoms with van der Waals surface area (Å²) in [5.41, 5.74) is 1.37. The molecule has 0 amide bonds. The van der Waals surface area contributed by atoms with Crippen LogP contribution in [-0.2, 0) is 6.42 Å². The Morgan fingerprint density at radius 2 is 2.17 bits per heavy atom. The first-order chi connectivity index (χ1) is 8.69. The maximum Gasteiger partial charge on any atom is 0.0408 e. The first kappa shape index (κ1) is 13.9. The Morgan fingerprint density at radius 1 is 1.39 bits per heavy atom. The van der Waals surface area contributed by atoms with Crippen LogP contribution >= 0.6 is 11.6 Å². The molecule has 1 nitrogen and oxygen atoms in total. The molecule has 2 heteroatoms. The topological polar surface area (TPSA) is 12.0 Å². The van der Waals surface area contributed by atoms with Crippen LogP contribution in [0.15, 0.2) is 24.3 Å². The number of hydrogen-bond acceptors (Lipinski definition) is 1. The summed E-state index contributed by atoms with van der Waals surface area (Å²) >= 11 is 6.06. The SMILES string of the molecule is CCC(C)C(CNC1CC1)Cc1cccc(Cl)c1. The Bertz CT molecular complexity index is 373. The minimum Gasteiger partial charge on any atom is -0.314 e. The molecule has 0 spiro atoms. The number of nitrogens with one attached hydrogen (secondary N) is 1. The van der Waals surface area contributed by atoms with Gasteiger partial charge in [0.05, 0.1) is 0 Å². The van der Waals surface area contributed by atoms with E-state index in [1.54, 1.807) is 0 Å². The second-order valence-electron chi connectivity index (χ2n) is 5.66. The highest BCUT2D eigenvalue weighted by Crippen LogP contribution is 2.24. The second-order valence-corrected chi connectivity index (χ2v) is 6.10. The fraction of sp³-hybridized carbons (Fsp3) is 0.625. The summed E-state index contributed by atoms with van der Waals surface area (Å²) in [7, 11) is 0. The first-order valence-electron chi connectivity index (χ1n) is 7.17. The van der Waals surface area contributed by atoms with Crippen molar-refractivity contribution in [2.24, 2.45) is 11.8 Å². The van der Waals surface area contributed by atoms with Gasteiger partial charge in [-0.2, -0.15) is 0 Å². The number of rotatable bonds is 7. The molecule has 18 heavy (non-hydrogen) atoms. The predicted molar refractivity (Wildman–Crippen MR) is 79.1 cm³/mol. The van der Waals surface area contributed by atoms with E-state index in [2.05, 4.69) is 37.4 Å². The molecule has 0 radical (unpaired) electrons. The van der Waals surface area contributed by atoms with E-state index in [0.717, 1.165) is 29.9 Å². The van der Waals surface area contributed by atoms with Crippen molar-refractivity contribution in [3.05, 3.63) is 34.9 Å². The van der Waals surface area contributed by atoms with Crippen molar-refractivity contribution >= 4 is 11.6 Å². The summed E-state index contributed by atoms with van der Waals surface area (Å²) in [6.07, 6.45) is 5.11. The van der Waals surface area contributed by atoms with Gasteiger partial charge in [-0.05, 0) is 55.3 Å². The summed E-state index contributed by atoms with van der Waals surface area (Å²) in [4.78, 5) is 0. The van der Waals surface area contributed by atoms with Gasteiger partial charge in [0.1, 0.15) is 0 Å². The van der Waals surface area contributed by atoms with Gasteiger partial charge in [0.2, 0.25) is 0 Å². The number of benzene rings is 1. The highest BCUT2D eigenvalue weighted by atomic mass is 35.5. The van der Waals surface area contributed by atoms with E-state index in [4.69, 9.17) is 11.6 Å². The zero-order valence-corrected chi connectivity index (χ0v) is 12.2. The highest BCUT2D eigenvalue weighted by Gasteiger charge is 2.23. The lowest BCUT2D eigenvalue weighted by Crippen LogP contribution is -2.30. The van der Waals surface area contributed by atoms with E-state index in [-0.39, 0.29) is 0 Å². The highest BCUT2D eigenvalue weighted by molar-refractivity contribution is 6.30. The second kappa shape index (κ2) is 6.58. The molecule has 1 aliphatic rings. The van der Waals surface area contributed by atoms with Crippen molar-refractivity contribution in [3.63, 3.8) is 0 Å². The van der Waals surface area contributed by atoms with Gasteiger partial charge < -0.3 is 5.32 Å². The van der Waals surface area contributed by atoms with Crippen molar-refractivity contribution in [1.29, 1.82) is 0 Å². The molecule has 2 atom stereocenters. The van der Waals surface area contributed by atoms with Crippen LogP contribution < -0.4 is 5.32 Å². The van der Waals surface area contributed by atoms with Gasteiger partial charge in [0.25, 0.3) is 0 Å². The quantitative estimate of drug-likeness (QED) is 0.775. The van der Waals surface area contributed by atoms with Gasteiger partial charge in [-0.3, -0.25) is 0 Å². The van der Waals surface area contributed by atoms with Crippen LogP contribution in [0.1, 0.15) is 38.7 Å². The zero-order valence-electron chi connectivity index (χ0n) is 11.5. The predicted octanol–water partition coefficient (Wildman–Crippen LogP) is 4.30. The number of hydrogen-bond donors (Lipinski definition) is 1. The normalized spacial score (nSPS) is 18.6. The van der Waals surface area contributed by atoms with Crippen LogP contribution in [-0.4, -0.2) is 12.6 Å². The molecule has 0 aliphatic heterocycles. The van der Waals surface area contributed by atoms with Gasteiger partial charge in [-0.15, -0.1) is 0 Å². The maximum atomic E-state index is 6.06. The van der Waals surface area contributed by atoms with E-state index in [0.29, 0.717) is 5.92 Å². The third-order valence-electron chi connectivity index (χ3n) is 4.08. The van der Waals surface area contributed by atoms with Crippen molar-refractivity contribution in [3.8, 4) is 0 Å². The molecule has 2 rings (SSSR count). The molecular formula is C16H24ClN. The van der Waals surface area contributed by atoms with Crippen molar-refractivity contribution in [1.82, 2.24) is 5.32 Å². The van der Waals surface area contributed by atoms with E-state index >= 15 is 0 Å². The minimum atomic E-state index is 0.717. The molecule has 1 aromatic rings. The smallest absolute Gasteiger partial charge is 0.0408 e. The summed E-state index contributed by atoms with van der Waals surface area (Å²) in [6, 6.07) is 9.11. The molecular weight excluding hydrogens is 242 g/mol. The lowest BCUT2D eigenvalue weighted by Gasteiger charge is -2.23. The van der Waals surface area contributed by atoms with E-state index in [9.17, 15) is 0 Å². The third-order valence-corrected chi connectivity index (χ3v) is 4.32. The molecule has 0 heterocycles. The Hall–Kier alpha value is -0.530. The first-order valence-corrected chi connectivity index (χ1v) is 7.54. The summed E-state index contributed by atoms with van der Waals surface area (Å²) in [5, 5.41) is 4.53. The average Bonchev–Trinajstić information content (AvgIpc) is 3.17. The van der Waals surface area contributed by atoms with Gasteiger partial charge in [-0.25, -0.2) is 0 Å². The summed E-state index contributed by atoms with van der Waals surface area (Å²) in [6.45, 7) is 5.79. The van der Waals surface area contributed by atoms with E-state index < -0.39 is 0 Å². The lowest BCUT2D eigenvalue weighted by molar-refractivity contribution is 0.328. The Morgan fingerprint density at radius 3 is 2.78 bits per heavy atom. The molecule has 1 N–H and O–H groups in total. The van der Waals surface area contributed by atoms with Crippen LogP contribution in [0.4, 0.5) is 0 Å². The van der Waals surface area contributed by atoms with Gasteiger partial charge >= 0.3 is 0 Å². The summed E-state index contributed by atoms with van der Waals surface area (Å²) in [5.74, 6) is 1.48. The van der Waals surface area contributed by atoms with Crippen LogP contribution in [0.5, 0.6) is 0 Å². The standard InChI is InChI=1S/C16H24ClN/c1-3-12(2)14(11-18-16-7-8-16)9-13-5-4-6-15(17)10-13/h4-6,10,12,14,16,18H,3,7-9,11H2,1-2H3. The Kier molecular flexibility index (Phi) is 5.08. The summed E-state index contributed by atoms with van der Waals surface area (Å²) < 4.78 is 0. The molecule has 0 saturated heterocycles. The fourth-order valence-corrected chi connectivity index (χ4v) is 2.59. The van der Waals surface area contributed by atoms with Crippen LogP contribution in [0.2, 0.25) is 5.02 Å². The molecule has 1 saturated carbocycles. The van der Waals surface area contributed by atoms with Crippen LogP contribution in [0, 0.1) is 11.8 Å². The molecule has 1 aliphatic carbocycles. The van der Waals surface area contributed by atoms with Gasteiger partial charge in [0.15, 0.2) is 0 Å². The monoisotopic (exact) mass is 265 g/mol. The third kappa shape index (κ3) is 4.29. The molecule has 100 valence electrons. The van der Waals surface area contributed by atoms with Crippen LogP contribution in [0.3, 0.4) is 0 Å². The van der Waals surface area contributed by atoms with E-state index in [1.807, 2.05) is 6.07 Å². The molecule has 0 aromatic heterocycles. The fourth-order valence-electron chi connectivity index (χ4n) is 2.38. The van der Waals surface area contributed by atoms with Gasteiger partial charge in [0, 0.05) is 11.1 Å². The molecule has 2 unspecified atom stereocenters. The minimum absolute atomic E-state index is 0.717. The van der Waals surface area contributed by atoms with Crippen molar-refractivity contribution in [2.75, 3.05) is 6.54 Å². The van der Waals surface area contributed by atoms with Crippen molar-refractivity contribution < 1.29 is 0 Å². The largest absolute Gasteiger partial charge is 0.314 e. The molecule has 0 bridgehead atoms. The van der Waals surface area contributed by atoms with Gasteiger partial charge in [-0.1, -0.05) is 44.0 Å². The Labute approximate surface area is 116 Å². The number of halogens is 1.